The Kier molecular flexibility index (Phi) is 4.30. The van der Waals surface area contributed by atoms with E-state index in [0.29, 0.717) is 17.4 Å². The molecule has 2 unspecified atom stereocenters. The molecule has 4 N–H and O–H groups in total. The van der Waals surface area contributed by atoms with E-state index in [1.165, 1.54) is 19.3 Å². The minimum Gasteiger partial charge on any atom is -0.478 e. The Morgan fingerprint density at radius 1 is 1.47 bits per heavy atom. The molecule has 0 aliphatic heterocycles. The average Bonchev–Trinajstić information content (AvgIpc) is 2.41. The number of hydrogen-bond donors (Lipinski definition) is 3. The summed E-state index contributed by atoms with van der Waals surface area (Å²) in [5, 5.41) is 12.6. The van der Waals surface area contributed by atoms with Crippen LogP contribution in [0.3, 0.4) is 0 Å². The number of hydrogen-bond acceptors (Lipinski definition) is 3. The zero-order valence-corrected chi connectivity index (χ0v) is 11.4. The Hall–Kier alpha value is -1.71. The van der Waals surface area contributed by atoms with E-state index in [1.54, 1.807) is 18.2 Å². The number of anilines is 2. The first-order valence-corrected chi connectivity index (χ1v) is 7.00. The molecule has 1 aromatic rings. The van der Waals surface area contributed by atoms with Crippen molar-refractivity contribution in [3.63, 3.8) is 0 Å². The molecule has 0 saturated heterocycles. The Morgan fingerprint density at radius 2 is 2.26 bits per heavy atom. The van der Waals surface area contributed by atoms with Gasteiger partial charge in [0.2, 0.25) is 0 Å². The molecule has 0 amide bonds. The van der Waals surface area contributed by atoms with E-state index in [-0.39, 0.29) is 5.56 Å². The maximum absolute atomic E-state index is 11.2. The minimum absolute atomic E-state index is 0.263. The highest BCUT2D eigenvalue weighted by atomic mass is 16.4. The van der Waals surface area contributed by atoms with Gasteiger partial charge in [0.05, 0.1) is 16.9 Å². The first-order valence-electron chi connectivity index (χ1n) is 7.00. The van der Waals surface area contributed by atoms with Gasteiger partial charge in [-0.25, -0.2) is 4.79 Å². The van der Waals surface area contributed by atoms with Crippen LogP contribution in [-0.4, -0.2) is 17.1 Å². The number of carbonyl (C=O) groups is 1. The second-order valence-electron chi connectivity index (χ2n) is 5.36. The van der Waals surface area contributed by atoms with Crippen molar-refractivity contribution in [1.82, 2.24) is 0 Å². The fraction of sp³-hybridized carbons (Fsp3) is 0.533. The van der Waals surface area contributed by atoms with E-state index in [4.69, 9.17) is 5.73 Å². The van der Waals surface area contributed by atoms with Crippen LogP contribution in [0.5, 0.6) is 0 Å². The van der Waals surface area contributed by atoms with Crippen LogP contribution in [0.25, 0.3) is 0 Å². The predicted molar refractivity (Wildman–Crippen MR) is 77.5 cm³/mol. The number of carboxylic acid groups (broad SMARTS) is 1. The lowest BCUT2D eigenvalue weighted by atomic mass is 9.84. The van der Waals surface area contributed by atoms with Crippen LogP contribution in [0.2, 0.25) is 0 Å². The monoisotopic (exact) mass is 262 g/mol. The lowest BCUT2D eigenvalue weighted by molar-refractivity contribution is 0.0698. The highest BCUT2D eigenvalue weighted by Gasteiger charge is 2.23. The summed E-state index contributed by atoms with van der Waals surface area (Å²) in [6.45, 7) is 2.21. The zero-order valence-electron chi connectivity index (χ0n) is 11.4. The molecule has 4 heteroatoms. The van der Waals surface area contributed by atoms with Crippen molar-refractivity contribution in [2.75, 3.05) is 11.1 Å². The molecule has 1 saturated carbocycles. The topological polar surface area (TPSA) is 75.3 Å². The first kappa shape index (κ1) is 13.7. The molecule has 2 rings (SSSR count). The van der Waals surface area contributed by atoms with Crippen LogP contribution in [-0.2, 0) is 0 Å². The first-order chi connectivity index (χ1) is 9.11. The highest BCUT2D eigenvalue weighted by Crippen LogP contribution is 2.31. The number of nitrogens with one attached hydrogen (secondary N) is 1. The summed E-state index contributed by atoms with van der Waals surface area (Å²) >= 11 is 0. The number of benzene rings is 1. The molecule has 1 fully saturated rings. The molecule has 19 heavy (non-hydrogen) atoms. The second kappa shape index (κ2) is 5.95. The van der Waals surface area contributed by atoms with Crippen molar-refractivity contribution in [3.8, 4) is 0 Å². The number of carboxylic acids is 1. The molecule has 0 radical (unpaired) electrons. The van der Waals surface area contributed by atoms with Crippen LogP contribution in [0.15, 0.2) is 18.2 Å². The summed E-state index contributed by atoms with van der Waals surface area (Å²) in [7, 11) is 0. The van der Waals surface area contributed by atoms with Gasteiger partial charge >= 0.3 is 5.97 Å². The van der Waals surface area contributed by atoms with Crippen LogP contribution < -0.4 is 11.1 Å². The zero-order chi connectivity index (χ0) is 13.8. The fourth-order valence-corrected chi connectivity index (χ4v) is 2.91. The van der Waals surface area contributed by atoms with Crippen LogP contribution in [0.1, 0.15) is 49.4 Å². The van der Waals surface area contributed by atoms with Crippen molar-refractivity contribution in [2.45, 2.75) is 45.1 Å². The summed E-state index contributed by atoms with van der Waals surface area (Å²) in [5.41, 5.74) is 7.27. The number of para-hydroxylation sites is 1. The molecule has 2 atom stereocenters. The van der Waals surface area contributed by atoms with Gasteiger partial charge in [0, 0.05) is 6.04 Å². The molecular weight excluding hydrogens is 240 g/mol. The lowest BCUT2D eigenvalue weighted by Crippen LogP contribution is -2.28. The molecule has 0 aromatic heterocycles. The maximum atomic E-state index is 11.2. The number of nitrogens with two attached hydrogens (primary N) is 1. The van der Waals surface area contributed by atoms with Gasteiger partial charge in [-0.2, -0.15) is 0 Å². The van der Waals surface area contributed by atoms with E-state index in [9.17, 15) is 9.90 Å². The van der Waals surface area contributed by atoms with Gasteiger partial charge < -0.3 is 16.2 Å². The molecule has 0 bridgehead atoms. The summed E-state index contributed by atoms with van der Waals surface area (Å²) in [5.74, 6) is -0.192. The molecule has 0 heterocycles. The van der Waals surface area contributed by atoms with Gasteiger partial charge in [-0.05, 0) is 30.9 Å². The van der Waals surface area contributed by atoms with E-state index in [1.807, 2.05) is 0 Å². The quantitative estimate of drug-likeness (QED) is 0.727. The van der Waals surface area contributed by atoms with E-state index < -0.39 is 5.97 Å². The number of nitrogen functional groups attached to an aromatic ring is 1. The van der Waals surface area contributed by atoms with Crippen LogP contribution in [0.4, 0.5) is 11.4 Å². The second-order valence-corrected chi connectivity index (χ2v) is 5.36. The number of aromatic carboxylic acids is 1. The number of rotatable bonds is 4. The molecule has 1 aromatic carbocycles. The summed E-state index contributed by atoms with van der Waals surface area (Å²) in [6, 6.07) is 5.36. The molecular formula is C15H22N2O2. The third kappa shape index (κ3) is 3.19. The van der Waals surface area contributed by atoms with Crippen molar-refractivity contribution in [1.29, 1.82) is 0 Å². The van der Waals surface area contributed by atoms with Gasteiger partial charge in [-0.3, -0.25) is 0 Å². The lowest BCUT2D eigenvalue weighted by Gasteiger charge is -2.30. The normalized spacial score (nSPS) is 23.0. The van der Waals surface area contributed by atoms with Gasteiger partial charge in [-0.15, -0.1) is 0 Å². The van der Waals surface area contributed by atoms with Crippen LogP contribution >= 0.6 is 0 Å². The molecule has 1 aliphatic rings. The molecule has 104 valence electrons. The van der Waals surface area contributed by atoms with E-state index >= 15 is 0 Å². The highest BCUT2D eigenvalue weighted by molar-refractivity contribution is 5.97. The van der Waals surface area contributed by atoms with Crippen molar-refractivity contribution in [2.24, 2.45) is 5.92 Å². The Balaban J connectivity index is 2.16. The largest absolute Gasteiger partial charge is 0.478 e. The molecule has 4 nitrogen and oxygen atoms in total. The minimum atomic E-state index is -0.933. The third-order valence-electron chi connectivity index (χ3n) is 4.04. The smallest absolute Gasteiger partial charge is 0.337 e. The molecule has 0 spiro atoms. The van der Waals surface area contributed by atoms with Gasteiger partial charge in [0.1, 0.15) is 0 Å². The Morgan fingerprint density at radius 3 is 2.95 bits per heavy atom. The van der Waals surface area contributed by atoms with Crippen molar-refractivity contribution in [3.05, 3.63) is 23.8 Å². The third-order valence-corrected chi connectivity index (χ3v) is 4.04. The maximum Gasteiger partial charge on any atom is 0.337 e. The predicted octanol–water partition coefficient (Wildman–Crippen LogP) is 3.35. The van der Waals surface area contributed by atoms with E-state index in [2.05, 4.69) is 12.2 Å². The van der Waals surface area contributed by atoms with Crippen molar-refractivity contribution >= 4 is 17.3 Å². The summed E-state index contributed by atoms with van der Waals surface area (Å²) in [4.78, 5) is 11.2. The molecule has 1 aliphatic carbocycles. The standard InChI is InChI=1S/C15H22N2O2/c1-2-10-5-3-6-11(9-10)17-14-12(15(18)19)7-4-8-13(14)16/h4,7-8,10-11,17H,2-3,5-6,9,16H2,1H3,(H,18,19). The van der Waals surface area contributed by atoms with E-state index in [0.717, 1.165) is 18.8 Å². The summed E-state index contributed by atoms with van der Waals surface area (Å²) < 4.78 is 0. The Bertz CT molecular complexity index is 459. The summed E-state index contributed by atoms with van der Waals surface area (Å²) in [6.07, 6.45) is 5.86. The van der Waals surface area contributed by atoms with Gasteiger partial charge in [0.15, 0.2) is 0 Å². The van der Waals surface area contributed by atoms with Gasteiger partial charge in [0.25, 0.3) is 0 Å². The van der Waals surface area contributed by atoms with Crippen molar-refractivity contribution < 1.29 is 9.90 Å². The Labute approximate surface area is 114 Å². The average molecular weight is 262 g/mol. The SMILES string of the molecule is CCC1CCCC(Nc2c(N)cccc2C(=O)O)C1. The fourth-order valence-electron chi connectivity index (χ4n) is 2.91. The van der Waals surface area contributed by atoms with Gasteiger partial charge in [-0.1, -0.05) is 32.3 Å². The van der Waals surface area contributed by atoms with Crippen LogP contribution in [0, 0.1) is 5.92 Å².